The van der Waals surface area contributed by atoms with E-state index in [4.69, 9.17) is 0 Å². The zero-order chi connectivity index (χ0) is 21.9. The van der Waals surface area contributed by atoms with Crippen molar-refractivity contribution in [2.75, 3.05) is 0 Å². The summed E-state index contributed by atoms with van der Waals surface area (Å²) in [5.74, 6) is -1.94. The molecular weight excluding hydrogens is 397 g/mol. The van der Waals surface area contributed by atoms with Crippen LogP contribution in [-0.2, 0) is 11.3 Å². The molecule has 3 nitrogen and oxygen atoms in total. The Morgan fingerprint density at radius 1 is 0.931 bits per heavy atom. The van der Waals surface area contributed by atoms with Crippen LogP contribution in [0.4, 0.5) is 13.2 Å². The molecular formula is C22H25F3N2OS. The molecule has 1 heterocycles. The van der Waals surface area contributed by atoms with E-state index in [9.17, 15) is 18.0 Å². The average molecular weight is 423 g/mol. The van der Waals surface area contributed by atoms with Crippen molar-refractivity contribution in [1.29, 1.82) is 0 Å². The van der Waals surface area contributed by atoms with Gasteiger partial charge in [0.1, 0.15) is 5.01 Å². The number of alkyl halides is 3. The highest BCUT2D eigenvalue weighted by atomic mass is 32.1. The number of halogens is 3. The lowest BCUT2D eigenvalue weighted by atomic mass is 10.1. The molecule has 3 aromatic rings. The van der Waals surface area contributed by atoms with Gasteiger partial charge in [0.05, 0.1) is 5.69 Å². The topological polar surface area (TPSA) is 42.0 Å². The first-order chi connectivity index (χ1) is 13.9. The molecule has 0 fully saturated rings. The minimum Gasteiger partial charge on any atom is -0.344 e. The van der Waals surface area contributed by atoms with Crippen molar-refractivity contribution in [3.8, 4) is 21.8 Å². The highest BCUT2D eigenvalue weighted by Gasteiger charge is 2.38. The molecule has 1 aromatic heterocycles. The van der Waals surface area contributed by atoms with Crippen molar-refractivity contribution >= 4 is 17.2 Å². The Bertz CT molecular complexity index is 860. The summed E-state index contributed by atoms with van der Waals surface area (Å²) in [6.07, 6.45) is -4.87. The van der Waals surface area contributed by atoms with Gasteiger partial charge in [-0.2, -0.15) is 13.2 Å². The lowest BCUT2D eigenvalue weighted by Gasteiger charge is -2.08. The number of hydrogen-bond acceptors (Lipinski definition) is 3. The Labute approximate surface area is 173 Å². The summed E-state index contributed by atoms with van der Waals surface area (Å²) < 4.78 is 36.5. The summed E-state index contributed by atoms with van der Waals surface area (Å²) >= 11 is 1.53. The number of nitrogens with one attached hydrogen (secondary N) is 1. The van der Waals surface area contributed by atoms with Crippen molar-refractivity contribution in [3.05, 3.63) is 65.5 Å². The van der Waals surface area contributed by atoms with Gasteiger partial charge in [-0.3, -0.25) is 4.79 Å². The molecule has 1 amide bonds. The van der Waals surface area contributed by atoms with Gasteiger partial charge in [0, 0.05) is 23.1 Å². The molecule has 0 saturated carbocycles. The molecule has 0 aliphatic carbocycles. The van der Waals surface area contributed by atoms with Gasteiger partial charge in [-0.05, 0) is 5.56 Å². The lowest BCUT2D eigenvalue weighted by Crippen LogP contribution is -2.36. The van der Waals surface area contributed by atoms with E-state index in [-0.39, 0.29) is 6.54 Å². The quantitative estimate of drug-likeness (QED) is 0.508. The van der Waals surface area contributed by atoms with Gasteiger partial charge in [0.2, 0.25) is 0 Å². The van der Waals surface area contributed by atoms with E-state index in [1.165, 1.54) is 11.3 Å². The van der Waals surface area contributed by atoms with E-state index in [1.807, 2.05) is 68.7 Å². The lowest BCUT2D eigenvalue weighted by molar-refractivity contribution is -0.173. The largest absolute Gasteiger partial charge is 0.471 e. The van der Waals surface area contributed by atoms with Crippen LogP contribution in [0.1, 0.15) is 33.3 Å². The van der Waals surface area contributed by atoms with Gasteiger partial charge >= 0.3 is 12.1 Å². The standard InChI is InChI=1S/C18H13F3N2OS.2C2H6/c19-18(20,21)17(24)22-10-12-6-8-13(9-7-12)15-11-25-16(23-15)14-4-2-1-3-5-14;2*1-2/h1-9,11H,10H2,(H,22,24);2*1-2H3. The summed E-state index contributed by atoms with van der Waals surface area (Å²) in [4.78, 5) is 15.4. The zero-order valence-electron chi connectivity index (χ0n) is 16.9. The predicted molar refractivity (Wildman–Crippen MR) is 114 cm³/mol. The van der Waals surface area contributed by atoms with Crippen molar-refractivity contribution in [3.63, 3.8) is 0 Å². The molecule has 0 aliphatic rings. The molecule has 0 aliphatic heterocycles. The van der Waals surface area contributed by atoms with E-state index in [1.54, 1.807) is 24.3 Å². The maximum atomic E-state index is 12.2. The average Bonchev–Trinajstić information content (AvgIpc) is 3.25. The molecule has 156 valence electrons. The first-order valence-corrected chi connectivity index (χ1v) is 10.3. The fourth-order valence-corrected chi connectivity index (χ4v) is 3.03. The van der Waals surface area contributed by atoms with Crippen LogP contribution in [0.3, 0.4) is 0 Å². The van der Waals surface area contributed by atoms with E-state index < -0.39 is 12.1 Å². The second-order valence-electron chi connectivity index (χ2n) is 5.28. The summed E-state index contributed by atoms with van der Waals surface area (Å²) in [6.45, 7) is 7.82. The number of aromatic nitrogens is 1. The molecule has 0 unspecified atom stereocenters. The van der Waals surface area contributed by atoms with Crippen LogP contribution in [0.5, 0.6) is 0 Å². The molecule has 3 rings (SSSR count). The van der Waals surface area contributed by atoms with Gasteiger partial charge in [-0.15, -0.1) is 11.3 Å². The highest BCUT2D eigenvalue weighted by Crippen LogP contribution is 2.28. The molecule has 0 spiro atoms. The Morgan fingerprint density at radius 3 is 2.07 bits per heavy atom. The van der Waals surface area contributed by atoms with Gasteiger partial charge < -0.3 is 5.32 Å². The van der Waals surface area contributed by atoms with Gasteiger partial charge in [0.25, 0.3) is 0 Å². The maximum Gasteiger partial charge on any atom is 0.471 e. The van der Waals surface area contributed by atoms with Crippen LogP contribution in [0.15, 0.2) is 60.0 Å². The van der Waals surface area contributed by atoms with E-state index in [2.05, 4.69) is 4.98 Å². The Morgan fingerprint density at radius 2 is 1.52 bits per heavy atom. The van der Waals surface area contributed by atoms with Crippen molar-refractivity contribution < 1.29 is 18.0 Å². The third-order valence-electron chi connectivity index (χ3n) is 3.49. The summed E-state index contributed by atoms with van der Waals surface area (Å²) in [5.41, 5.74) is 3.28. The number of hydrogen-bond donors (Lipinski definition) is 1. The van der Waals surface area contributed by atoms with Crippen molar-refractivity contribution in [1.82, 2.24) is 10.3 Å². The number of rotatable bonds is 4. The van der Waals surface area contributed by atoms with Crippen LogP contribution in [0.2, 0.25) is 0 Å². The smallest absolute Gasteiger partial charge is 0.344 e. The molecule has 7 heteroatoms. The molecule has 0 atom stereocenters. The van der Waals surface area contributed by atoms with Crippen molar-refractivity contribution in [2.24, 2.45) is 0 Å². The van der Waals surface area contributed by atoms with Gasteiger partial charge in [-0.1, -0.05) is 82.3 Å². The van der Waals surface area contributed by atoms with Crippen LogP contribution in [0, 0.1) is 0 Å². The van der Waals surface area contributed by atoms with Gasteiger partial charge in [0.15, 0.2) is 0 Å². The number of thiazole rings is 1. The molecule has 0 radical (unpaired) electrons. The first-order valence-electron chi connectivity index (χ1n) is 9.39. The normalized spacial score (nSPS) is 10.2. The SMILES string of the molecule is CC.CC.O=C(NCc1ccc(-c2csc(-c3ccccc3)n2)cc1)C(F)(F)F. The third-order valence-corrected chi connectivity index (χ3v) is 4.38. The highest BCUT2D eigenvalue weighted by molar-refractivity contribution is 7.13. The van der Waals surface area contributed by atoms with E-state index >= 15 is 0 Å². The minimum atomic E-state index is -4.87. The number of carbonyl (C=O) groups excluding carboxylic acids is 1. The second kappa shape index (κ2) is 12.0. The molecule has 0 bridgehead atoms. The molecule has 1 N–H and O–H groups in total. The summed E-state index contributed by atoms with van der Waals surface area (Å²) in [7, 11) is 0. The first kappa shape index (κ1) is 24.4. The molecule has 29 heavy (non-hydrogen) atoms. The van der Waals surface area contributed by atoms with Crippen molar-refractivity contribution in [2.45, 2.75) is 40.4 Å². The summed E-state index contributed by atoms with van der Waals surface area (Å²) in [5, 5.41) is 4.68. The monoisotopic (exact) mass is 422 g/mol. The van der Waals surface area contributed by atoms with Crippen LogP contribution in [-0.4, -0.2) is 17.1 Å². The number of amides is 1. The Hall–Kier alpha value is -2.67. The van der Waals surface area contributed by atoms with Crippen LogP contribution < -0.4 is 5.32 Å². The number of carbonyl (C=O) groups is 1. The Kier molecular flexibility index (Phi) is 10.1. The molecule has 0 saturated heterocycles. The Balaban J connectivity index is 0.000000989. The van der Waals surface area contributed by atoms with E-state index in [0.717, 1.165) is 21.8 Å². The molecule has 2 aromatic carbocycles. The number of nitrogens with zero attached hydrogens (tertiary/aromatic N) is 1. The maximum absolute atomic E-state index is 12.2. The van der Waals surface area contributed by atoms with Gasteiger partial charge in [-0.25, -0.2) is 4.98 Å². The van der Waals surface area contributed by atoms with E-state index in [0.29, 0.717) is 5.56 Å². The predicted octanol–water partition coefficient (Wildman–Crippen LogP) is 6.71. The fraction of sp³-hybridized carbons (Fsp3) is 0.273. The summed E-state index contributed by atoms with van der Waals surface area (Å²) in [6, 6.07) is 16.7. The third kappa shape index (κ3) is 7.34. The second-order valence-corrected chi connectivity index (χ2v) is 6.14. The fourth-order valence-electron chi connectivity index (χ4n) is 2.20. The van der Waals surface area contributed by atoms with Crippen LogP contribution in [0.25, 0.3) is 21.8 Å². The minimum absolute atomic E-state index is 0.176. The number of benzene rings is 2. The van der Waals surface area contributed by atoms with Crippen LogP contribution >= 0.6 is 11.3 Å². The zero-order valence-corrected chi connectivity index (χ0v) is 17.7.